The Morgan fingerprint density at radius 2 is 1.67 bits per heavy atom. The second-order valence-corrected chi connectivity index (χ2v) is 11.9. The summed E-state index contributed by atoms with van der Waals surface area (Å²) in [5.74, 6) is 1.19. The maximum Gasteiger partial charge on any atom is 0.256 e. The molecule has 0 saturated carbocycles. The largest absolute Gasteiger partial charge is 0.493 e. The molecular weight excluding hydrogens is 564 g/mol. The molecule has 1 saturated heterocycles. The minimum absolute atomic E-state index is 0.147. The summed E-state index contributed by atoms with van der Waals surface area (Å²) < 4.78 is 11.3. The summed E-state index contributed by atoms with van der Waals surface area (Å²) in [4.78, 5) is 35.7. The molecule has 0 radical (unpaired) electrons. The van der Waals surface area contributed by atoms with Gasteiger partial charge in [-0.25, -0.2) is 0 Å². The van der Waals surface area contributed by atoms with Crippen LogP contribution in [0.2, 0.25) is 0 Å². The van der Waals surface area contributed by atoms with Crippen LogP contribution in [0, 0.1) is 6.92 Å². The third-order valence-electron chi connectivity index (χ3n) is 9.12. The van der Waals surface area contributed by atoms with Gasteiger partial charge in [-0.1, -0.05) is 55.5 Å². The van der Waals surface area contributed by atoms with E-state index in [-0.39, 0.29) is 11.9 Å². The molecule has 8 heteroatoms. The van der Waals surface area contributed by atoms with Crippen molar-refractivity contribution in [1.82, 2.24) is 14.7 Å². The number of carbonyl (C=O) groups is 2. The summed E-state index contributed by atoms with van der Waals surface area (Å²) in [6.45, 7) is 10.5. The van der Waals surface area contributed by atoms with E-state index in [4.69, 9.17) is 9.47 Å². The van der Waals surface area contributed by atoms with Crippen LogP contribution in [0.4, 0.5) is 5.69 Å². The van der Waals surface area contributed by atoms with Gasteiger partial charge < -0.3 is 29.1 Å². The molecule has 0 aromatic heterocycles. The van der Waals surface area contributed by atoms with Crippen molar-refractivity contribution in [1.29, 1.82) is 0 Å². The number of unbranched alkanes of at least 4 members (excludes halogenated alkanes) is 1. The van der Waals surface area contributed by atoms with E-state index >= 15 is 0 Å². The summed E-state index contributed by atoms with van der Waals surface area (Å²) in [7, 11) is 7.29. The first kappa shape index (κ1) is 34.0. The first-order chi connectivity index (χ1) is 21.8. The van der Waals surface area contributed by atoms with Crippen LogP contribution in [0.15, 0.2) is 60.7 Å². The van der Waals surface area contributed by atoms with Crippen LogP contribution in [0.1, 0.15) is 69.6 Å². The third-order valence-corrected chi connectivity index (χ3v) is 9.12. The monoisotopic (exact) mass is 614 g/mol. The van der Waals surface area contributed by atoms with Crippen LogP contribution in [-0.2, 0) is 6.54 Å². The molecule has 0 N–H and O–H groups in total. The van der Waals surface area contributed by atoms with Crippen molar-refractivity contribution in [3.63, 3.8) is 0 Å². The minimum atomic E-state index is -0.221. The van der Waals surface area contributed by atoms with E-state index in [0.717, 1.165) is 88.2 Å². The molecule has 3 aromatic carbocycles. The zero-order valence-electron chi connectivity index (χ0n) is 27.9. The topological polar surface area (TPSA) is 65.6 Å². The second-order valence-electron chi connectivity index (χ2n) is 11.9. The highest BCUT2D eigenvalue weighted by molar-refractivity contribution is 6.06. The summed E-state index contributed by atoms with van der Waals surface area (Å²) in [6, 6.07) is 19.8. The minimum Gasteiger partial charge on any atom is -0.493 e. The van der Waals surface area contributed by atoms with Crippen molar-refractivity contribution in [3.8, 4) is 11.5 Å². The van der Waals surface area contributed by atoms with E-state index in [1.807, 2.05) is 49.2 Å². The molecule has 45 heavy (non-hydrogen) atoms. The van der Waals surface area contributed by atoms with Crippen LogP contribution in [0.5, 0.6) is 11.5 Å². The Bertz CT molecular complexity index is 1410. The molecule has 1 aliphatic rings. The Balaban J connectivity index is 1.61. The molecule has 4 rings (SSSR count). The number of rotatable bonds is 15. The highest BCUT2D eigenvalue weighted by atomic mass is 16.5. The van der Waals surface area contributed by atoms with Crippen molar-refractivity contribution in [2.75, 3.05) is 72.5 Å². The molecular formula is C37H50N4O4. The summed E-state index contributed by atoms with van der Waals surface area (Å²) in [5.41, 5.74) is 4.99. The fraction of sp³-hybridized carbons (Fsp3) is 0.459. The third kappa shape index (κ3) is 8.24. The van der Waals surface area contributed by atoms with Gasteiger partial charge in [0.05, 0.1) is 31.5 Å². The SMILES string of the molecule is CCN1CCN(c2cccc(C=O)c2C(=O)N(C)[C@H](CCCCN(C)Cc2ccccc2)c2ccc(OC)c(OC)c2C)CC1. The lowest BCUT2D eigenvalue weighted by Crippen LogP contribution is -2.47. The van der Waals surface area contributed by atoms with E-state index in [2.05, 4.69) is 52.9 Å². The average molecular weight is 615 g/mol. The highest BCUT2D eigenvalue weighted by Gasteiger charge is 2.30. The average Bonchev–Trinajstić information content (AvgIpc) is 3.07. The molecule has 0 unspecified atom stereocenters. The van der Waals surface area contributed by atoms with Crippen molar-refractivity contribution in [2.24, 2.45) is 0 Å². The van der Waals surface area contributed by atoms with Gasteiger partial charge in [0.2, 0.25) is 0 Å². The van der Waals surface area contributed by atoms with Gasteiger partial charge in [-0.15, -0.1) is 0 Å². The maximum absolute atomic E-state index is 14.5. The smallest absolute Gasteiger partial charge is 0.256 e. The number of anilines is 1. The fourth-order valence-corrected chi connectivity index (χ4v) is 6.48. The molecule has 242 valence electrons. The van der Waals surface area contributed by atoms with Gasteiger partial charge in [-0.2, -0.15) is 0 Å². The number of aldehydes is 1. The van der Waals surface area contributed by atoms with Crippen LogP contribution in [0.25, 0.3) is 0 Å². The normalized spacial score (nSPS) is 14.3. The maximum atomic E-state index is 14.5. The first-order valence-electron chi connectivity index (χ1n) is 16.1. The molecule has 8 nitrogen and oxygen atoms in total. The number of carbonyl (C=O) groups excluding carboxylic acids is 2. The molecule has 0 spiro atoms. The molecule has 0 bridgehead atoms. The fourth-order valence-electron chi connectivity index (χ4n) is 6.48. The van der Waals surface area contributed by atoms with Gasteiger partial charge in [0.1, 0.15) is 0 Å². The molecule has 1 atom stereocenters. The van der Waals surface area contributed by atoms with E-state index in [1.54, 1.807) is 20.3 Å². The number of hydrogen-bond acceptors (Lipinski definition) is 7. The number of piperazine rings is 1. The molecule has 0 aliphatic carbocycles. The van der Waals surface area contributed by atoms with Gasteiger partial charge in [0, 0.05) is 50.9 Å². The lowest BCUT2D eigenvalue weighted by atomic mass is 9.93. The van der Waals surface area contributed by atoms with E-state index < -0.39 is 0 Å². The van der Waals surface area contributed by atoms with Gasteiger partial charge in [0.25, 0.3) is 5.91 Å². The van der Waals surface area contributed by atoms with Crippen molar-refractivity contribution in [3.05, 3.63) is 88.5 Å². The number of ether oxygens (including phenoxy) is 2. The lowest BCUT2D eigenvalue weighted by Gasteiger charge is -2.37. The number of nitrogens with zero attached hydrogens (tertiary/aromatic N) is 4. The standard InChI is InChI=1S/C37H50N4O4/c1-7-40-22-24-41(25-23-40)33-18-13-16-30(27-42)35(33)37(43)39(4)32(31-19-20-34(44-5)36(45-6)28(31)2)17-11-12-21-38(3)26-29-14-9-8-10-15-29/h8-10,13-16,18-20,27,32H,7,11-12,17,21-26H2,1-6H3/t32-/m1/s1. The van der Waals surface area contributed by atoms with E-state index in [1.165, 1.54) is 5.56 Å². The Hall–Kier alpha value is -3.88. The Morgan fingerprint density at radius 1 is 0.933 bits per heavy atom. The number of benzene rings is 3. The number of hydrogen-bond donors (Lipinski definition) is 0. The van der Waals surface area contributed by atoms with Crippen molar-refractivity contribution in [2.45, 2.75) is 45.7 Å². The number of likely N-dealkylation sites (N-methyl/N-ethyl adjacent to an activating group) is 1. The first-order valence-corrected chi connectivity index (χ1v) is 16.1. The zero-order chi connectivity index (χ0) is 32.3. The Labute approximate surface area is 269 Å². The second kappa shape index (κ2) is 16.4. The van der Waals surface area contributed by atoms with Crippen LogP contribution >= 0.6 is 0 Å². The molecule has 1 heterocycles. The quantitative estimate of drug-likeness (QED) is 0.152. The Morgan fingerprint density at radius 3 is 2.31 bits per heavy atom. The van der Waals surface area contributed by atoms with Crippen LogP contribution in [0.3, 0.4) is 0 Å². The van der Waals surface area contributed by atoms with Crippen LogP contribution < -0.4 is 14.4 Å². The lowest BCUT2D eigenvalue weighted by molar-refractivity contribution is 0.0716. The molecule has 3 aromatic rings. The summed E-state index contributed by atoms with van der Waals surface area (Å²) >= 11 is 0. The number of amides is 1. The van der Waals surface area contributed by atoms with Gasteiger partial charge in [-0.05, 0) is 69.6 Å². The van der Waals surface area contributed by atoms with Crippen molar-refractivity contribution < 1.29 is 19.1 Å². The van der Waals surface area contributed by atoms with Gasteiger partial charge in [-0.3, -0.25) is 9.59 Å². The summed E-state index contributed by atoms with van der Waals surface area (Å²) in [6.07, 6.45) is 3.50. The predicted molar refractivity (Wildman–Crippen MR) is 182 cm³/mol. The van der Waals surface area contributed by atoms with E-state index in [0.29, 0.717) is 22.6 Å². The molecule has 1 fully saturated rings. The molecule has 1 aliphatic heterocycles. The predicted octanol–water partition coefficient (Wildman–Crippen LogP) is 6.08. The number of methoxy groups -OCH3 is 2. The van der Waals surface area contributed by atoms with Gasteiger partial charge >= 0.3 is 0 Å². The summed E-state index contributed by atoms with van der Waals surface area (Å²) in [5, 5.41) is 0. The van der Waals surface area contributed by atoms with E-state index in [9.17, 15) is 9.59 Å². The van der Waals surface area contributed by atoms with Crippen LogP contribution in [-0.4, -0.2) is 94.5 Å². The zero-order valence-corrected chi connectivity index (χ0v) is 27.9. The highest BCUT2D eigenvalue weighted by Crippen LogP contribution is 2.39. The van der Waals surface area contributed by atoms with Gasteiger partial charge in [0.15, 0.2) is 17.8 Å². The van der Waals surface area contributed by atoms with Crippen molar-refractivity contribution >= 4 is 17.9 Å². The Kier molecular flexibility index (Phi) is 12.4. The molecule has 1 amide bonds.